The smallest absolute Gasteiger partial charge is 0.410 e. The summed E-state index contributed by atoms with van der Waals surface area (Å²) < 4.78 is 42.4. The predicted octanol–water partition coefficient (Wildman–Crippen LogP) is 3.69. The summed E-state index contributed by atoms with van der Waals surface area (Å²) >= 11 is 0. The molecule has 2 unspecified atom stereocenters. The van der Waals surface area contributed by atoms with Crippen LogP contribution >= 0.6 is 0 Å². The van der Waals surface area contributed by atoms with Crippen LogP contribution in [0.3, 0.4) is 0 Å². The quantitative estimate of drug-likeness (QED) is 0.858. The minimum absolute atomic E-state index is 0.0631. The second-order valence-corrected chi connectivity index (χ2v) is 7.01. The number of nitrogens with two attached hydrogens (primary N) is 1. The minimum Gasteiger partial charge on any atom is -0.444 e. The second-order valence-electron chi connectivity index (χ2n) is 7.01. The summed E-state index contributed by atoms with van der Waals surface area (Å²) in [5.74, 6) is 0.224. The van der Waals surface area contributed by atoms with Gasteiger partial charge in [-0.05, 0) is 52.4 Å². The molecule has 0 spiro atoms. The first-order valence-electron chi connectivity index (χ1n) is 7.79. The molecule has 0 aromatic rings. The molecule has 1 rings (SSSR count). The van der Waals surface area contributed by atoms with Crippen LogP contribution in [0.5, 0.6) is 0 Å². The summed E-state index contributed by atoms with van der Waals surface area (Å²) in [7, 11) is 0. The minimum atomic E-state index is -4.32. The van der Waals surface area contributed by atoms with Gasteiger partial charge in [0.2, 0.25) is 0 Å². The lowest BCUT2D eigenvalue weighted by atomic mass is 9.92. The number of ether oxygens (including phenoxy) is 1. The van der Waals surface area contributed by atoms with Crippen molar-refractivity contribution in [3.8, 4) is 0 Å². The fraction of sp³-hybridized carbons (Fsp3) is 0.933. The van der Waals surface area contributed by atoms with Gasteiger partial charge < -0.3 is 15.4 Å². The molecule has 0 bridgehead atoms. The van der Waals surface area contributed by atoms with Crippen LogP contribution in [-0.4, -0.2) is 41.9 Å². The maximum atomic E-state index is 12.3. The van der Waals surface area contributed by atoms with E-state index in [1.54, 1.807) is 4.90 Å². The molecule has 1 aliphatic heterocycles. The van der Waals surface area contributed by atoms with E-state index in [1.807, 2.05) is 20.8 Å². The van der Waals surface area contributed by atoms with Crippen LogP contribution in [0, 0.1) is 5.92 Å². The molecule has 1 heterocycles. The largest absolute Gasteiger partial charge is 0.444 e. The third kappa shape index (κ3) is 6.85. The first-order valence-corrected chi connectivity index (χ1v) is 7.79. The summed E-state index contributed by atoms with van der Waals surface area (Å²) in [5.41, 5.74) is 4.56. The maximum Gasteiger partial charge on any atom is 0.410 e. The molecule has 0 aromatic heterocycles. The first-order chi connectivity index (χ1) is 9.99. The summed E-state index contributed by atoms with van der Waals surface area (Å²) in [6, 6.07) is -1.75. The van der Waals surface area contributed by atoms with Crippen LogP contribution < -0.4 is 5.73 Å². The van der Waals surface area contributed by atoms with Gasteiger partial charge in [-0.25, -0.2) is 4.79 Å². The van der Waals surface area contributed by atoms with Gasteiger partial charge in [-0.1, -0.05) is 6.42 Å². The highest BCUT2D eigenvalue weighted by Gasteiger charge is 2.36. The van der Waals surface area contributed by atoms with Gasteiger partial charge in [0.15, 0.2) is 0 Å². The Balaban J connectivity index is 2.36. The van der Waals surface area contributed by atoms with E-state index in [0.29, 0.717) is 25.9 Å². The Hall–Kier alpha value is -0.980. The zero-order valence-corrected chi connectivity index (χ0v) is 13.6. The topological polar surface area (TPSA) is 55.6 Å². The highest BCUT2D eigenvalue weighted by Crippen LogP contribution is 2.26. The van der Waals surface area contributed by atoms with E-state index in [1.165, 1.54) is 0 Å². The fourth-order valence-electron chi connectivity index (χ4n) is 2.58. The molecule has 22 heavy (non-hydrogen) atoms. The summed E-state index contributed by atoms with van der Waals surface area (Å²) in [6.07, 6.45) is -1.86. The van der Waals surface area contributed by atoms with Gasteiger partial charge in [-0.3, -0.25) is 0 Å². The van der Waals surface area contributed by atoms with Crippen molar-refractivity contribution in [3.05, 3.63) is 0 Å². The Morgan fingerprint density at radius 3 is 2.55 bits per heavy atom. The Morgan fingerprint density at radius 1 is 1.36 bits per heavy atom. The molecular formula is C15H27F3N2O2. The van der Waals surface area contributed by atoms with Crippen LogP contribution in [0.2, 0.25) is 0 Å². The van der Waals surface area contributed by atoms with Gasteiger partial charge >= 0.3 is 12.3 Å². The van der Waals surface area contributed by atoms with Crippen molar-refractivity contribution < 1.29 is 22.7 Å². The average Bonchev–Trinajstić information content (AvgIpc) is 2.36. The number of halogens is 3. The van der Waals surface area contributed by atoms with Crippen molar-refractivity contribution in [1.82, 2.24) is 4.90 Å². The highest BCUT2D eigenvalue weighted by atomic mass is 19.4. The molecule has 130 valence electrons. The van der Waals surface area contributed by atoms with E-state index < -0.39 is 17.8 Å². The van der Waals surface area contributed by atoms with Gasteiger partial charge in [0.05, 0.1) is 0 Å². The first kappa shape index (κ1) is 19.1. The van der Waals surface area contributed by atoms with Gasteiger partial charge in [0, 0.05) is 13.1 Å². The number of piperidine rings is 1. The maximum absolute atomic E-state index is 12.3. The molecule has 1 amide bonds. The number of rotatable bonds is 4. The summed E-state index contributed by atoms with van der Waals surface area (Å²) in [4.78, 5) is 13.7. The fourth-order valence-corrected chi connectivity index (χ4v) is 2.58. The van der Waals surface area contributed by atoms with Crippen molar-refractivity contribution >= 4 is 6.09 Å². The lowest BCUT2D eigenvalue weighted by Gasteiger charge is -2.34. The molecule has 4 nitrogen and oxygen atoms in total. The summed E-state index contributed by atoms with van der Waals surface area (Å²) in [5, 5.41) is 0. The second kappa shape index (κ2) is 7.53. The Morgan fingerprint density at radius 2 is 2.00 bits per heavy atom. The SMILES string of the molecule is CC(C)(C)OC(=O)N1CCCC(CCCC(N)C(F)(F)F)C1. The van der Waals surface area contributed by atoms with E-state index in [4.69, 9.17) is 10.5 Å². The molecule has 0 aromatic carbocycles. The highest BCUT2D eigenvalue weighted by molar-refractivity contribution is 5.68. The van der Waals surface area contributed by atoms with Gasteiger partial charge in [-0.2, -0.15) is 13.2 Å². The number of likely N-dealkylation sites (tertiary alicyclic amines) is 1. The molecule has 7 heteroatoms. The van der Waals surface area contributed by atoms with E-state index in [2.05, 4.69) is 0 Å². The third-order valence-electron chi connectivity index (χ3n) is 3.72. The van der Waals surface area contributed by atoms with E-state index >= 15 is 0 Å². The molecule has 1 fully saturated rings. The van der Waals surface area contributed by atoms with E-state index in [9.17, 15) is 18.0 Å². The lowest BCUT2D eigenvalue weighted by molar-refractivity contribution is -0.149. The third-order valence-corrected chi connectivity index (χ3v) is 3.72. The van der Waals surface area contributed by atoms with Crippen LogP contribution in [-0.2, 0) is 4.74 Å². The van der Waals surface area contributed by atoms with E-state index in [0.717, 1.165) is 12.8 Å². The Kier molecular flexibility index (Phi) is 6.52. The number of alkyl halides is 3. The van der Waals surface area contributed by atoms with Gasteiger partial charge in [0.1, 0.15) is 11.6 Å². The number of carbonyl (C=O) groups excluding carboxylic acids is 1. The molecule has 0 radical (unpaired) electrons. The Labute approximate surface area is 130 Å². The monoisotopic (exact) mass is 324 g/mol. The molecule has 0 saturated carbocycles. The number of hydrogen-bond donors (Lipinski definition) is 1. The zero-order valence-electron chi connectivity index (χ0n) is 13.6. The number of amides is 1. The molecule has 1 aliphatic rings. The molecule has 2 atom stereocenters. The Bertz CT molecular complexity index is 367. The lowest BCUT2D eigenvalue weighted by Crippen LogP contribution is -2.43. The standard InChI is InChI=1S/C15H27F3N2O2/c1-14(2,3)22-13(21)20-9-5-7-11(10-20)6-4-8-12(19)15(16,17)18/h11-12H,4-10,19H2,1-3H3. The molecular weight excluding hydrogens is 297 g/mol. The van der Waals surface area contributed by atoms with Crippen LogP contribution in [0.25, 0.3) is 0 Å². The zero-order chi connectivity index (χ0) is 17.0. The normalized spacial score (nSPS) is 21.6. The number of nitrogens with zero attached hydrogens (tertiary/aromatic N) is 1. The van der Waals surface area contributed by atoms with Crippen molar-refractivity contribution in [1.29, 1.82) is 0 Å². The van der Waals surface area contributed by atoms with Crippen molar-refractivity contribution in [3.63, 3.8) is 0 Å². The predicted molar refractivity (Wildman–Crippen MR) is 78.4 cm³/mol. The van der Waals surface area contributed by atoms with Crippen molar-refractivity contribution in [2.24, 2.45) is 11.7 Å². The van der Waals surface area contributed by atoms with Crippen LogP contribution in [0.1, 0.15) is 52.9 Å². The molecule has 1 saturated heterocycles. The number of hydrogen-bond acceptors (Lipinski definition) is 3. The number of carbonyl (C=O) groups is 1. The van der Waals surface area contributed by atoms with Crippen LogP contribution in [0.15, 0.2) is 0 Å². The molecule has 2 N–H and O–H groups in total. The average molecular weight is 324 g/mol. The van der Waals surface area contributed by atoms with Crippen LogP contribution in [0.4, 0.5) is 18.0 Å². The van der Waals surface area contributed by atoms with Crippen molar-refractivity contribution in [2.45, 2.75) is 70.7 Å². The van der Waals surface area contributed by atoms with Gasteiger partial charge in [-0.15, -0.1) is 0 Å². The van der Waals surface area contributed by atoms with Gasteiger partial charge in [0.25, 0.3) is 0 Å². The summed E-state index contributed by atoms with van der Waals surface area (Å²) in [6.45, 7) is 6.63. The van der Waals surface area contributed by atoms with Crippen molar-refractivity contribution in [2.75, 3.05) is 13.1 Å². The van der Waals surface area contributed by atoms with E-state index in [-0.39, 0.29) is 18.4 Å². The molecule has 0 aliphatic carbocycles.